The molecule has 1 saturated heterocycles. The molecular weight excluding hydrogens is 524 g/mol. The lowest BCUT2D eigenvalue weighted by Crippen LogP contribution is -2.50. The lowest BCUT2D eigenvalue weighted by molar-refractivity contribution is -0.132. The molecule has 0 N–H and O–H groups in total. The smallest absolute Gasteiger partial charge is 0.244 e. The minimum atomic E-state index is -0.364. The molecule has 4 aromatic rings. The van der Waals surface area contributed by atoms with Crippen LogP contribution in [0.15, 0.2) is 60.9 Å². The third kappa shape index (κ3) is 6.11. The van der Waals surface area contributed by atoms with Gasteiger partial charge in [-0.3, -0.25) is 4.79 Å². The van der Waals surface area contributed by atoms with Crippen LogP contribution in [0, 0.1) is 17.6 Å². The van der Waals surface area contributed by atoms with Crippen LogP contribution in [0.1, 0.15) is 44.2 Å². The van der Waals surface area contributed by atoms with E-state index in [1.807, 2.05) is 4.90 Å². The van der Waals surface area contributed by atoms with E-state index in [0.717, 1.165) is 30.3 Å². The van der Waals surface area contributed by atoms with E-state index in [2.05, 4.69) is 37.9 Å². The molecule has 1 aliphatic carbocycles. The van der Waals surface area contributed by atoms with E-state index in [4.69, 9.17) is 0 Å². The van der Waals surface area contributed by atoms with Crippen LogP contribution in [0.25, 0.3) is 22.8 Å². The van der Waals surface area contributed by atoms with Crippen molar-refractivity contribution in [3.63, 3.8) is 0 Å². The standard InChI is InChI=1S/C31H33F2N7O/c1-2-3-26(21-4-5-21)27-18-28(35-20-34-27)38-14-16-39(17-15-38)29(41)19-40-31(23-8-12-25(33)13-9-23)36-30(37-40)22-6-10-24(32)11-7-22/h6-13,18,20-21,26H,2-5,14-17,19H2,1H3. The van der Waals surface area contributed by atoms with Crippen molar-refractivity contribution in [1.29, 1.82) is 0 Å². The topological polar surface area (TPSA) is 80.0 Å². The molecule has 0 radical (unpaired) electrons. The summed E-state index contributed by atoms with van der Waals surface area (Å²) in [7, 11) is 0. The monoisotopic (exact) mass is 557 g/mol. The van der Waals surface area contributed by atoms with E-state index in [9.17, 15) is 13.6 Å². The van der Waals surface area contributed by atoms with Gasteiger partial charge in [-0.05, 0) is 73.7 Å². The number of hydrogen-bond donors (Lipinski definition) is 0. The van der Waals surface area contributed by atoms with Crippen LogP contribution >= 0.6 is 0 Å². The van der Waals surface area contributed by atoms with Gasteiger partial charge in [0.15, 0.2) is 11.6 Å². The Kier molecular flexibility index (Phi) is 7.71. The molecule has 1 unspecified atom stereocenters. The van der Waals surface area contributed by atoms with E-state index >= 15 is 0 Å². The first-order valence-corrected chi connectivity index (χ1v) is 14.3. The highest BCUT2D eigenvalue weighted by atomic mass is 19.1. The number of hydrogen-bond acceptors (Lipinski definition) is 6. The number of rotatable bonds is 9. The lowest BCUT2D eigenvalue weighted by atomic mass is 9.94. The predicted molar refractivity (Wildman–Crippen MR) is 152 cm³/mol. The van der Waals surface area contributed by atoms with E-state index in [-0.39, 0.29) is 24.1 Å². The Morgan fingerprint density at radius 1 is 0.927 bits per heavy atom. The highest BCUT2D eigenvalue weighted by Gasteiger charge is 2.33. The molecule has 8 nitrogen and oxygen atoms in total. The Labute approximate surface area is 238 Å². The highest BCUT2D eigenvalue weighted by molar-refractivity contribution is 5.77. The molecule has 2 aliphatic rings. The van der Waals surface area contributed by atoms with Gasteiger partial charge in [-0.1, -0.05) is 13.3 Å². The molecule has 2 aromatic carbocycles. The number of aromatic nitrogens is 5. The third-order valence-electron chi connectivity index (χ3n) is 7.96. The molecule has 0 spiro atoms. The van der Waals surface area contributed by atoms with Crippen molar-refractivity contribution < 1.29 is 13.6 Å². The Morgan fingerprint density at radius 2 is 1.59 bits per heavy atom. The maximum atomic E-state index is 13.6. The summed E-state index contributed by atoms with van der Waals surface area (Å²) < 4.78 is 28.6. The number of carbonyl (C=O) groups is 1. The molecule has 1 atom stereocenters. The van der Waals surface area contributed by atoms with Gasteiger partial charge in [-0.15, -0.1) is 5.10 Å². The lowest BCUT2D eigenvalue weighted by Gasteiger charge is -2.35. The fraction of sp³-hybridized carbons (Fsp3) is 0.387. The zero-order valence-corrected chi connectivity index (χ0v) is 23.1. The largest absolute Gasteiger partial charge is 0.353 e. The molecular formula is C31H33F2N7O. The number of amides is 1. The fourth-order valence-electron chi connectivity index (χ4n) is 5.57. The maximum Gasteiger partial charge on any atom is 0.244 e. The Morgan fingerprint density at radius 3 is 2.22 bits per heavy atom. The Bertz CT molecular complexity index is 1490. The van der Waals surface area contributed by atoms with Crippen molar-refractivity contribution in [1.82, 2.24) is 29.6 Å². The summed E-state index contributed by atoms with van der Waals surface area (Å²) in [6, 6.07) is 13.9. The predicted octanol–water partition coefficient (Wildman–Crippen LogP) is 5.32. The number of piperazine rings is 1. The van der Waals surface area contributed by atoms with Gasteiger partial charge < -0.3 is 9.80 Å². The molecule has 3 heterocycles. The zero-order chi connectivity index (χ0) is 28.3. The van der Waals surface area contributed by atoms with Crippen LogP contribution < -0.4 is 4.90 Å². The van der Waals surface area contributed by atoms with Crippen LogP contribution in [0.2, 0.25) is 0 Å². The number of halogens is 2. The van der Waals surface area contributed by atoms with E-state index in [1.54, 1.807) is 35.3 Å². The van der Waals surface area contributed by atoms with Gasteiger partial charge in [0, 0.05) is 55.0 Å². The van der Waals surface area contributed by atoms with Crippen LogP contribution in [0.4, 0.5) is 14.6 Å². The second-order valence-electron chi connectivity index (χ2n) is 10.8. The molecule has 2 aromatic heterocycles. The Hall–Kier alpha value is -4.21. The first-order chi connectivity index (χ1) is 20.0. The minimum Gasteiger partial charge on any atom is -0.353 e. The highest BCUT2D eigenvalue weighted by Crippen LogP contribution is 2.44. The summed E-state index contributed by atoms with van der Waals surface area (Å²) in [5.41, 5.74) is 2.40. The molecule has 1 saturated carbocycles. The quantitative estimate of drug-likeness (QED) is 0.277. The van der Waals surface area contributed by atoms with Gasteiger partial charge >= 0.3 is 0 Å². The van der Waals surface area contributed by atoms with Crippen LogP contribution in [-0.4, -0.2) is 61.7 Å². The van der Waals surface area contributed by atoms with Crippen molar-refractivity contribution in [2.24, 2.45) is 5.92 Å². The van der Waals surface area contributed by atoms with Crippen molar-refractivity contribution in [3.8, 4) is 22.8 Å². The summed E-state index contributed by atoms with van der Waals surface area (Å²) in [4.78, 5) is 31.3. The summed E-state index contributed by atoms with van der Waals surface area (Å²) in [6.45, 7) is 4.67. The number of nitrogens with zero attached hydrogens (tertiary/aromatic N) is 7. The normalized spacial score (nSPS) is 16.2. The fourth-order valence-corrected chi connectivity index (χ4v) is 5.57. The first kappa shape index (κ1) is 27.0. The third-order valence-corrected chi connectivity index (χ3v) is 7.96. The molecule has 41 heavy (non-hydrogen) atoms. The first-order valence-electron chi connectivity index (χ1n) is 14.3. The van der Waals surface area contributed by atoms with Gasteiger partial charge in [-0.2, -0.15) is 0 Å². The van der Waals surface area contributed by atoms with Crippen LogP contribution in [0.5, 0.6) is 0 Å². The minimum absolute atomic E-state index is 0.0152. The average Bonchev–Trinajstić information content (AvgIpc) is 3.76. The molecule has 1 aliphatic heterocycles. The molecule has 6 rings (SSSR count). The zero-order valence-electron chi connectivity index (χ0n) is 23.1. The van der Waals surface area contributed by atoms with Crippen LogP contribution in [-0.2, 0) is 11.3 Å². The van der Waals surface area contributed by atoms with Crippen molar-refractivity contribution in [2.75, 3.05) is 31.1 Å². The second-order valence-corrected chi connectivity index (χ2v) is 10.8. The van der Waals surface area contributed by atoms with Crippen molar-refractivity contribution in [2.45, 2.75) is 45.1 Å². The van der Waals surface area contributed by atoms with E-state index in [1.165, 1.54) is 37.1 Å². The van der Waals surface area contributed by atoms with Crippen molar-refractivity contribution >= 4 is 11.7 Å². The molecule has 1 amide bonds. The molecule has 10 heteroatoms. The second kappa shape index (κ2) is 11.7. The van der Waals surface area contributed by atoms with Gasteiger partial charge in [0.2, 0.25) is 5.91 Å². The molecule has 212 valence electrons. The van der Waals surface area contributed by atoms with Gasteiger partial charge in [0.25, 0.3) is 0 Å². The number of benzene rings is 2. The summed E-state index contributed by atoms with van der Waals surface area (Å²) in [5, 5.41) is 4.58. The Balaban J connectivity index is 1.15. The van der Waals surface area contributed by atoms with E-state index < -0.39 is 0 Å². The summed E-state index contributed by atoms with van der Waals surface area (Å²) in [6.07, 6.45) is 6.53. The van der Waals surface area contributed by atoms with Gasteiger partial charge in [-0.25, -0.2) is 28.4 Å². The van der Waals surface area contributed by atoms with Crippen molar-refractivity contribution in [3.05, 3.63) is 78.3 Å². The van der Waals surface area contributed by atoms with E-state index in [0.29, 0.717) is 54.9 Å². The molecule has 0 bridgehead atoms. The average molecular weight is 558 g/mol. The van der Waals surface area contributed by atoms with Gasteiger partial charge in [0.05, 0.1) is 0 Å². The number of carbonyl (C=O) groups excluding carboxylic acids is 1. The SMILES string of the molecule is CCCC(c1cc(N2CCN(C(=O)Cn3nc(-c4ccc(F)cc4)nc3-c3ccc(F)cc3)CC2)ncn1)C1CC1. The summed E-state index contributed by atoms with van der Waals surface area (Å²) in [5.74, 6) is 2.18. The van der Waals surface area contributed by atoms with Crippen LogP contribution in [0.3, 0.4) is 0 Å². The maximum absolute atomic E-state index is 13.6. The summed E-state index contributed by atoms with van der Waals surface area (Å²) >= 11 is 0. The van der Waals surface area contributed by atoms with Gasteiger partial charge in [0.1, 0.15) is 30.3 Å². The number of anilines is 1. The molecule has 2 fully saturated rings.